The van der Waals surface area contributed by atoms with Gasteiger partial charge in [0.05, 0.1) is 12.8 Å². The van der Waals surface area contributed by atoms with Crippen LogP contribution >= 0.6 is 0 Å². The highest BCUT2D eigenvalue weighted by atomic mass is 16.6. The van der Waals surface area contributed by atoms with Crippen LogP contribution < -0.4 is 10.7 Å². The molecule has 10 heteroatoms. The van der Waals surface area contributed by atoms with E-state index >= 15 is 0 Å². The molecule has 0 aliphatic heterocycles. The van der Waals surface area contributed by atoms with E-state index in [0.29, 0.717) is 0 Å². The molecule has 0 fully saturated rings. The first-order chi connectivity index (χ1) is 11.5. The monoisotopic (exact) mass is 355 g/mol. The van der Waals surface area contributed by atoms with Crippen LogP contribution in [0.2, 0.25) is 0 Å². The Balaban J connectivity index is 2.68. The normalized spacial score (nSPS) is 12.6. The molecule has 1 aromatic carbocycles. The van der Waals surface area contributed by atoms with Gasteiger partial charge in [0.2, 0.25) is 5.75 Å². The summed E-state index contributed by atoms with van der Waals surface area (Å²) in [6, 6.07) is 1.08. The molecule has 10 nitrogen and oxygen atoms in total. The van der Waals surface area contributed by atoms with Crippen LogP contribution in [0.15, 0.2) is 17.2 Å². The van der Waals surface area contributed by atoms with Crippen LogP contribution in [0, 0.1) is 0 Å². The summed E-state index contributed by atoms with van der Waals surface area (Å²) in [6.07, 6.45) is 0.126. The van der Waals surface area contributed by atoms with E-state index in [9.17, 15) is 30.0 Å². The van der Waals surface area contributed by atoms with Gasteiger partial charge in [-0.2, -0.15) is 5.10 Å². The van der Waals surface area contributed by atoms with Gasteiger partial charge in [0.25, 0.3) is 5.91 Å². The Bertz CT molecular complexity index is 668. The molecular weight excluding hydrogens is 334 g/mol. The van der Waals surface area contributed by atoms with Crippen molar-refractivity contribution in [3.8, 4) is 17.2 Å². The molecule has 0 radical (unpaired) electrons. The number of nitrogens with zero attached hydrogens (tertiary/aromatic N) is 1. The van der Waals surface area contributed by atoms with E-state index in [1.54, 1.807) is 20.8 Å². The molecule has 2 amide bonds. The zero-order chi connectivity index (χ0) is 19.2. The quantitative estimate of drug-likeness (QED) is 0.249. The summed E-state index contributed by atoms with van der Waals surface area (Å²) in [6.45, 7) is 4.24. The molecule has 0 spiro atoms. The number of hydrogen-bond acceptors (Lipinski definition) is 8. The zero-order valence-corrected chi connectivity index (χ0v) is 14.0. The molecule has 138 valence electrons. The summed E-state index contributed by atoms with van der Waals surface area (Å²) in [5.41, 5.74) is 1.31. The Labute approximate surface area is 143 Å². The second-order valence-electron chi connectivity index (χ2n) is 5.99. The summed E-state index contributed by atoms with van der Waals surface area (Å²) in [7, 11) is 0. The number of hydrazone groups is 1. The zero-order valence-electron chi connectivity index (χ0n) is 14.0. The van der Waals surface area contributed by atoms with Gasteiger partial charge < -0.3 is 30.5 Å². The average Bonchev–Trinajstić information content (AvgIpc) is 2.50. The fourth-order valence-corrected chi connectivity index (χ4v) is 1.58. The lowest BCUT2D eigenvalue weighted by molar-refractivity contribution is -0.124. The molecule has 6 N–H and O–H groups in total. The average molecular weight is 355 g/mol. The predicted molar refractivity (Wildman–Crippen MR) is 87.4 cm³/mol. The van der Waals surface area contributed by atoms with Gasteiger partial charge in [0, 0.05) is 5.56 Å². The minimum absolute atomic E-state index is 0.0243. The van der Waals surface area contributed by atoms with E-state index in [2.05, 4.69) is 15.8 Å². The number of hydrogen-bond donors (Lipinski definition) is 6. The van der Waals surface area contributed by atoms with Crippen molar-refractivity contribution in [2.45, 2.75) is 32.4 Å². The molecule has 0 heterocycles. The van der Waals surface area contributed by atoms with E-state index in [1.165, 1.54) is 6.07 Å². The van der Waals surface area contributed by atoms with Crippen molar-refractivity contribution in [2.75, 3.05) is 6.61 Å². The number of aliphatic hydroxyl groups excluding tert-OH is 1. The number of ether oxygens (including phenoxy) is 1. The third-order valence-corrected chi connectivity index (χ3v) is 2.73. The predicted octanol–water partition coefficient (Wildman–Crippen LogP) is 0.139. The maximum atomic E-state index is 11.9. The van der Waals surface area contributed by atoms with Gasteiger partial charge in [-0.3, -0.25) is 4.79 Å². The number of aromatic hydroxyl groups is 3. The van der Waals surface area contributed by atoms with Gasteiger partial charge in [0.15, 0.2) is 11.5 Å². The summed E-state index contributed by atoms with van der Waals surface area (Å²) in [5.74, 6) is -2.69. The van der Waals surface area contributed by atoms with Crippen LogP contribution in [0.4, 0.5) is 4.79 Å². The number of amides is 2. The minimum Gasteiger partial charge on any atom is -0.504 e. The number of phenols is 3. The second kappa shape index (κ2) is 8.20. The molecule has 1 atom stereocenters. The number of aliphatic hydroxyl groups is 1. The van der Waals surface area contributed by atoms with Crippen molar-refractivity contribution in [2.24, 2.45) is 5.10 Å². The van der Waals surface area contributed by atoms with Gasteiger partial charge in [-0.15, -0.1) is 0 Å². The molecule has 0 saturated carbocycles. The lowest BCUT2D eigenvalue weighted by Gasteiger charge is -2.21. The molecule has 0 aromatic heterocycles. The van der Waals surface area contributed by atoms with Gasteiger partial charge in [-0.1, -0.05) is 0 Å². The highest BCUT2D eigenvalue weighted by molar-refractivity contribution is 5.89. The molecule has 0 bridgehead atoms. The van der Waals surface area contributed by atoms with Gasteiger partial charge in [0.1, 0.15) is 11.6 Å². The Morgan fingerprint density at radius 3 is 2.44 bits per heavy atom. The number of alkyl carbamates (subject to hydrolysis) is 1. The first-order valence-corrected chi connectivity index (χ1v) is 7.22. The standard InChI is InChI=1S/C15H21N3O7/c1-15(2,3)25-14(24)17-9(7-19)13(23)18-16-6-8-4-5-10(20)12(22)11(8)21/h4-6,9,19-22H,7H2,1-3H3,(H,17,24)(H,18,23)/b16-6+. The highest BCUT2D eigenvalue weighted by Gasteiger charge is 2.23. The van der Waals surface area contributed by atoms with Crippen LogP contribution in [0.1, 0.15) is 26.3 Å². The van der Waals surface area contributed by atoms with Crippen molar-refractivity contribution >= 4 is 18.2 Å². The van der Waals surface area contributed by atoms with Crippen molar-refractivity contribution in [3.05, 3.63) is 17.7 Å². The summed E-state index contributed by atoms with van der Waals surface area (Å²) >= 11 is 0. The third kappa shape index (κ3) is 6.18. The van der Waals surface area contributed by atoms with E-state index in [1.807, 2.05) is 0 Å². The first-order valence-electron chi connectivity index (χ1n) is 7.22. The number of rotatable bonds is 5. The van der Waals surface area contributed by atoms with Crippen molar-refractivity contribution < 1.29 is 34.8 Å². The van der Waals surface area contributed by atoms with E-state index < -0.39 is 47.5 Å². The summed E-state index contributed by atoms with van der Waals surface area (Å²) in [4.78, 5) is 23.5. The van der Waals surface area contributed by atoms with E-state index in [0.717, 1.165) is 12.3 Å². The van der Waals surface area contributed by atoms with Gasteiger partial charge in [-0.25, -0.2) is 10.2 Å². The van der Waals surface area contributed by atoms with Gasteiger partial charge >= 0.3 is 6.09 Å². The number of carbonyl (C=O) groups is 2. The van der Waals surface area contributed by atoms with E-state index in [4.69, 9.17) is 4.74 Å². The lowest BCUT2D eigenvalue weighted by Crippen LogP contribution is -2.49. The molecule has 1 aromatic rings. The fourth-order valence-electron chi connectivity index (χ4n) is 1.58. The molecule has 0 aliphatic carbocycles. The second-order valence-corrected chi connectivity index (χ2v) is 5.99. The number of benzene rings is 1. The summed E-state index contributed by atoms with van der Waals surface area (Å²) in [5, 5.41) is 43.1. The molecule has 1 unspecified atom stereocenters. The van der Waals surface area contributed by atoms with Crippen LogP contribution in [0.3, 0.4) is 0 Å². The molecule has 1 rings (SSSR count). The van der Waals surface area contributed by atoms with Gasteiger partial charge in [-0.05, 0) is 32.9 Å². The Hall–Kier alpha value is -3.01. The maximum Gasteiger partial charge on any atom is 0.408 e. The smallest absolute Gasteiger partial charge is 0.408 e. The molecular formula is C15H21N3O7. The fraction of sp³-hybridized carbons (Fsp3) is 0.400. The third-order valence-electron chi connectivity index (χ3n) is 2.73. The number of nitrogens with one attached hydrogen (secondary N) is 2. The highest BCUT2D eigenvalue weighted by Crippen LogP contribution is 2.36. The van der Waals surface area contributed by atoms with Crippen molar-refractivity contribution in [1.29, 1.82) is 0 Å². The topological polar surface area (TPSA) is 161 Å². The molecule has 0 aliphatic rings. The molecule has 25 heavy (non-hydrogen) atoms. The molecule has 0 saturated heterocycles. The van der Waals surface area contributed by atoms with E-state index in [-0.39, 0.29) is 5.56 Å². The van der Waals surface area contributed by atoms with Crippen LogP contribution in [-0.2, 0) is 9.53 Å². The Morgan fingerprint density at radius 1 is 1.24 bits per heavy atom. The summed E-state index contributed by atoms with van der Waals surface area (Å²) < 4.78 is 4.97. The Kier molecular flexibility index (Phi) is 6.57. The van der Waals surface area contributed by atoms with Crippen LogP contribution in [-0.4, -0.2) is 56.9 Å². The maximum absolute atomic E-state index is 11.9. The number of carbonyl (C=O) groups excluding carboxylic acids is 2. The Morgan fingerprint density at radius 2 is 1.88 bits per heavy atom. The minimum atomic E-state index is -1.30. The number of phenolic OH excluding ortho intramolecular Hbond substituents is 3. The first kappa shape index (κ1) is 20.0. The largest absolute Gasteiger partial charge is 0.504 e. The van der Waals surface area contributed by atoms with Crippen molar-refractivity contribution in [1.82, 2.24) is 10.7 Å². The van der Waals surface area contributed by atoms with Crippen molar-refractivity contribution in [3.63, 3.8) is 0 Å². The van der Waals surface area contributed by atoms with Crippen LogP contribution in [0.5, 0.6) is 17.2 Å². The lowest BCUT2D eigenvalue weighted by atomic mass is 10.2. The van der Waals surface area contributed by atoms with Crippen LogP contribution in [0.25, 0.3) is 0 Å². The SMILES string of the molecule is CC(C)(C)OC(=O)NC(CO)C(=O)N/N=C/c1ccc(O)c(O)c1O.